The molecule has 3 rings (SSSR count). The Labute approximate surface area is 169 Å². The number of ketones is 1. The van der Waals surface area contributed by atoms with E-state index in [1.807, 2.05) is 6.07 Å². The summed E-state index contributed by atoms with van der Waals surface area (Å²) in [5.74, 6) is -1.01. The van der Waals surface area contributed by atoms with Crippen molar-refractivity contribution in [3.63, 3.8) is 0 Å². The van der Waals surface area contributed by atoms with E-state index >= 15 is 0 Å². The van der Waals surface area contributed by atoms with Crippen LogP contribution in [-0.4, -0.2) is 15.5 Å². The number of carbonyl (C=O) groups is 1. The number of nitriles is 1. The maximum absolute atomic E-state index is 13.2. The molecule has 2 aromatic heterocycles. The average molecular weight is 421 g/mol. The molecule has 3 aromatic rings. The van der Waals surface area contributed by atoms with Crippen LogP contribution in [0.1, 0.15) is 46.3 Å². The Bertz CT molecular complexity index is 1200. The van der Waals surface area contributed by atoms with Gasteiger partial charge in [-0.05, 0) is 38.5 Å². The van der Waals surface area contributed by atoms with Gasteiger partial charge in [-0.1, -0.05) is 29.3 Å². The zero-order chi connectivity index (χ0) is 20.0. The highest BCUT2D eigenvalue weighted by molar-refractivity contribution is 7.21. The minimum Gasteiger partial charge on any atom is -0.494 e. The Hall–Kier alpha value is -2.33. The summed E-state index contributed by atoms with van der Waals surface area (Å²) in [5.41, 5.74) is -0.772. The van der Waals surface area contributed by atoms with Crippen molar-refractivity contribution in [3.8, 4) is 11.9 Å². The Kier molecular flexibility index (Phi) is 5.04. The first kappa shape index (κ1) is 19.4. The SMILES string of the molecule is Cc1c(C(=O)c2sc3cc(Cl)ccc3c2Cl)c(O)n(C(C)C)c(=O)c1C#N. The van der Waals surface area contributed by atoms with Crippen molar-refractivity contribution >= 4 is 50.4 Å². The van der Waals surface area contributed by atoms with Crippen LogP contribution in [0.3, 0.4) is 0 Å². The number of benzene rings is 1. The molecule has 1 aromatic carbocycles. The molecule has 0 spiro atoms. The summed E-state index contributed by atoms with van der Waals surface area (Å²) in [6.45, 7) is 4.83. The summed E-state index contributed by atoms with van der Waals surface area (Å²) < 4.78 is 1.77. The highest BCUT2D eigenvalue weighted by Gasteiger charge is 2.28. The van der Waals surface area contributed by atoms with E-state index in [0.29, 0.717) is 10.4 Å². The fraction of sp³-hybridized carbons (Fsp3) is 0.211. The van der Waals surface area contributed by atoms with Gasteiger partial charge in [0.2, 0.25) is 11.7 Å². The van der Waals surface area contributed by atoms with E-state index in [1.54, 1.807) is 32.0 Å². The number of halogens is 2. The van der Waals surface area contributed by atoms with Gasteiger partial charge in [0, 0.05) is 21.2 Å². The number of thiophene rings is 1. The van der Waals surface area contributed by atoms with Gasteiger partial charge in [-0.25, -0.2) is 0 Å². The molecule has 0 amide bonds. The van der Waals surface area contributed by atoms with Crippen molar-refractivity contribution in [1.82, 2.24) is 4.57 Å². The number of hydrogen-bond acceptors (Lipinski definition) is 5. The quantitative estimate of drug-likeness (QED) is 0.599. The molecular weight excluding hydrogens is 407 g/mol. The molecule has 27 heavy (non-hydrogen) atoms. The van der Waals surface area contributed by atoms with Gasteiger partial charge in [-0.3, -0.25) is 14.2 Å². The number of pyridine rings is 1. The summed E-state index contributed by atoms with van der Waals surface area (Å²) >= 11 is 13.5. The molecule has 0 bridgehead atoms. The van der Waals surface area contributed by atoms with Crippen molar-refractivity contribution in [2.75, 3.05) is 0 Å². The van der Waals surface area contributed by atoms with Gasteiger partial charge in [0.1, 0.15) is 11.6 Å². The molecule has 1 N–H and O–H groups in total. The molecule has 0 aliphatic rings. The third-order valence-electron chi connectivity index (χ3n) is 4.29. The van der Waals surface area contributed by atoms with Gasteiger partial charge in [0.05, 0.1) is 15.5 Å². The monoisotopic (exact) mass is 420 g/mol. The molecule has 0 fully saturated rings. The van der Waals surface area contributed by atoms with Gasteiger partial charge in [-0.15, -0.1) is 11.3 Å². The van der Waals surface area contributed by atoms with Crippen molar-refractivity contribution in [3.05, 3.63) is 60.2 Å². The van der Waals surface area contributed by atoms with Gasteiger partial charge < -0.3 is 5.11 Å². The Morgan fingerprint density at radius 3 is 2.59 bits per heavy atom. The van der Waals surface area contributed by atoms with Crippen LogP contribution in [-0.2, 0) is 0 Å². The van der Waals surface area contributed by atoms with E-state index in [4.69, 9.17) is 23.2 Å². The van der Waals surface area contributed by atoms with Crippen LogP contribution in [0.25, 0.3) is 10.1 Å². The summed E-state index contributed by atoms with van der Waals surface area (Å²) in [5, 5.41) is 21.5. The predicted octanol–water partition coefficient (Wildman–Crippen LogP) is 5.07. The first-order valence-corrected chi connectivity index (χ1v) is 9.56. The molecule has 0 unspecified atom stereocenters. The summed E-state index contributed by atoms with van der Waals surface area (Å²) in [6.07, 6.45) is 0. The van der Waals surface area contributed by atoms with Crippen LogP contribution in [0.5, 0.6) is 5.88 Å². The third-order valence-corrected chi connectivity index (χ3v) is 6.18. The Balaban J connectivity index is 2.33. The lowest BCUT2D eigenvalue weighted by molar-refractivity contribution is 0.103. The standard InChI is InChI=1S/C19H14Cl2N2O3S/c1-8(2)23-18(25)12(7-22)9(3)14(19(23)26)16(24)17-15(21)11-5-4-10(20)6-13(11)27-17/h4-6,8,26H,1-3H3. The maximum Gasteiger partial charge on any atom is 0.271 e. The van der Waals surface area contributed by atoms with Crippen LogP contribution < -0.4 is 5.56 Å². The predicted molar refractivity (Wildman–Crippen MR) is 107 cm³/mol. The number of nitrogens with zero attached hydrogens (tertiary/aromatic N) is 2. The lowest BCUT2D eigenvalue weighted by Gasteiger charge is -2.17. The molecule has 0 aliphatic carbocycles. The van der Waals surface area contributed by atoms with E-state index in [0.717, 1.165) is 20.6 Å². The van der Waals surface area contributed by atoms with Crippen LogP contribution in [0.15, 0.2) is 23.0 Å². The van der Waals surface area contributed by atoms with E-state index in [9.17, 15) is 20.0 Å². The number of aromatic nitrogens is 1. The first-order valence-electron chi connectivity index (χ1n) is 7.99. The minimum absolute atomic E-state index is 0.0978. The van der Waals surface area contributed by atoms with E-state index in [1.165, 1.54) is 6.92 Å². The highest BCUT2D eigenvalue weighted by atomic mass is 35.5. The second kappa shape index (κ2) is 7.01. The molecule has 0 saturated heterocycles. The molecule has 0 atom stereocenters. The lowest BCUT2D eigenvalue weighted by atomic mass is 10.00. The van der Waals surface area contributed by atoms with Crippen molar-refractivity contribution < 1.29 is 9.90 Å². The van der Waals surface area contributed by atoms with Crippen LogP contribution in [0, 0.1) is 18.3 Å². The molecule has 0 radical (unpaired) electrons. The number of hydrogen-bond donors (Lipinski definition) is 1. The largest absolute Gasteiger partial charge is 0.494 e. The molecule has 8 heteroatoms. The Morgan fingerprint density at radius 2 is 2.00 bits per heavy atom. The zero-order valence-corrected chi connectivity index (χ0v) is 17.0. The van der Waals surface area contributed by atoms with Gasteiger partial charge in [0.25, 0.3) is 5.56 Å². The highest BCUT2D eigenvalue weighted by Crippen LogP contribution is 2.39. The fourth-order valence-electron chi connectivity index (χ4n) is 2.97. The smallest absolute Gasteiger partial charge is 0.271 e. The van der Waals surface area contributed by atoms with Crippen molar-refractivity contribution in [2.24, 2.45) is 0 Å². The molecule has 0 aliphatic heterocycles. The van der Waals surface area contributed by atoms with Crippen molar-refractivity contribution in [1.29, 1.82) is 5.26 Å². The number of rotatable bonds is 3. The molecular formula is C19H14Cl2N2O3S. The number of carbonyl (C=O) groups excluding carboxylic acids is 1. The van der Waals surface area contributed by atoms with Gasteiger partial charge in [-0.2, -0.15) is 5.26 Å². The third kappa shape index (κ3) is 3.02. The average Bonchev–Trinajstić information content (AvgIpc) is 2.90. The maximum atomic E-state index is 13.2. The van der Waals surface area contributed by atoms with Crippen molar-refractivity contribution in [2.45, 2.75) is 26.8 Å². The molecule has 5 nitrogen and oxygen atoms in total. The van der Waals surface area contributed by atoms with Crippen LogP contribution >= 0.6 is 34.5 Å². The molecule has 2 heterocycles. The summed E-state index contributed by atoms with van der Waals surface area (Å²) in [4.78, 5) is 25.9. The molecule has 0 saturated carbocycles. The topological polar surface area (TPSA) is 83.1 Å². The lowest BCUT2D eigenvalue weighted by Crippen LogP contribution is -2.28. The zero-order valence-electron chi connectivity index (χ0n) is 14.6. The Morgan fingerprint density at radius 1 is 1.33 bits per heavy atom. The van der Waals surface area contributed by atoms with Crippen LogP contribution in [0.4, 0.5) is 0 Å². The fourth-order valence-corrected chi connectivity index (χ4v) is 4.71. The van der Waals surface area contributed by atoms with Gasteiger partial charge >= 0.3 is 0 Å². The number of fused-ring (bicyclic) bond motifs is 1. The second-order valence-corrected chi connectivity index (χ2v) is 8.16. The van der Waals surface area contributed by atoms with Gasteiger partial charge in [0.15, 0.2) is 0 Å². The van der Waals surface area contributed by atoms with E-state index in [2.05, 4.69) is 0 Å². The summed E-state index contributed by atoms with van der Waals surface area (Å²) in [6, 6.07) is 6.49. The van der Waals surface area contributed by atoms with Crippen LogP contribution in [0.2, 0.25) is 10.0 Å². The summed E-state index contributed by atoms with van der Waals surface area (Å²) in [7, 11) is 0. The second-order valence-electron chi connectivity index (χ2n) is 6.29. The van der Waals surface area contributed by atoms with E-state index in [-0.39, 0.29) is 26.6 Å². The first-order chi connectivity index (χ1) is 12.7. The molecule has 138 valence electrons. The normalized spacial score (nSPS) is 11.1. The number of aromatic hydroxyl groups is 1. The minimum atomic E-state index is -0.631. The van der Waals surface area contributed by atoms with E-state index < -0.39 is 23.3 Å².